The second-order valence-corrected chi connectivity index (χ2v) is 11.8. The SMILES string of the molecule is C#C[C@@]1(O)CC[C@@H]2[C@@H]3CCC4=CC(=NOCC(=O)N[C@H](CCC(N)=O)C(=O)O)CC[C@]4(C)[C@@H]3CC[C@@]21C. The number of hydrogen-bond acceptors (Lipinski definition) is 6. The summed E-state index contributed by atoms with van der Waals surface area (Å²) >= 11 is 0. The number of carbonyl (C=O) groups is 3. The van der Waals surface area contributed by atoms with E-state index in [0.717, 1.165) is 50.7 Å². The Morgan fingerprint density at radius 3 is 2.62 bits per heavy atom. The van der Waals surface area contributed by atoms with Crippen molar-refractivity contribution in [3.05, 3.63) is 11.6 Å². The van der Waals surface area contributed by atoms with Gasteiger partial charge in [0.25, 0.3) is 5.91 Å². The first kappa shape index (κ1) is 27.2. The number of nitrogens with one attached hydrogen (secondary N) is 1. The number of nitrogens with two attached hydrogens (primary N) is 1. The molecule has 2 amide bonds. The monoisotopic (exact) mass is 513 g/mol. The maximum absolute atomic E-state index is 12.1. The van der Waals surface area contributed by atoms with Crippen molar-refractivity contribution in [1.29, 1.82) is 0 Å². The van der Waals surface area contributed by atoms with Crippen LogP contribution in [0.5, 0.6) is 0 Å². The lowest BCUT2D eigenvalue weighted by Gasteiger charge is -2.58. The molecule has 9 heteroatoms. The third kappa shape index (κ3) is 4.88. The van der Waals surface area contributed by atoms with Crippen LogP contribution in [-0.4, -0.2) is 52.0 Å². The number of aliphatic carboxylic acids is 1. The smallest absolute Gasteiger partial charge is 0.326 e. The predicted octanol–water partition coefficient (Wildman–Crippen LogP) is 2.52. The van der Waals surface area contributed by atoms with Crippen molar-refractivity contribution in [3.8, 4) is 12.3 Å². The van der Waals surface area contributed by atoms with Crippen molar-refractivity contribution in [2.45, 2.75) is 89.7 Å². The summed E-state index contributed by atoms with van der Waals surface area (Å²) in [4.78, 5) is 39.6. The highest BCUT2D eigenvalue weighted by Crippen LogP contribution is 2.67. The largest absolute Gasteiger partial charge is 0.480 e. The molecule has 0 aromatic carbocycles. The van der Waals surface area contributed by atoms with Crippen LogP contribution in [0.1, 0.15) is 78.1 Å². The number of carboxylic acids is 1. The molecule has 3 saturated carbocycles. The van der Waals surface area contributed by atoms with Gasteiger partial charge in [-0.2, -0.15) is 0 Å². The molecule has 5 N–H and O–H groups in total. The van der Waals surface area contributed by atoms with Gasteiger partial charge in [0.15, 0.2) is 6.61 Å². The molecule has 0 saturated heterocycles. The highest BCUT2D eigenvalue weighted by Gasteiger charge is 2.63. The van der Waals surface area contributed by atoms with Gasteiger partial charge >= 0.3 is 5.97 Å². The number of amides is 2. The van der Waals surface area contributed by atoms with Gasteiger partial charge in [-0.05, 0) is 87.0 Å². The van der Waals surface area contributed by atoms with Gasteiger partial charge in [0.05, 0.1) is 5.71 Å². The van der Waals surface area contributed by atoms with Crippen LogP contribution in [0.15, 0.2) is 16.8 Å². The Labute approximate surface area is 218 Å². The van der Waals surface area contributed by atoms with Crippen molar-refractivity contribution in [1.82, 2.24) is 5.32 Å². The minimum absolute atomic E-state index is 0.0760. The number of hydrogen-bond donors (Lipinski definition) is 4. The van der Waals surface area contributed by atoms with Gasteiger partial charge in [-0.3, -0.25) is 9.59 Å². The molecule has 0 aliphatic heterocycles. The highest BCUT2D eigenvalue weighted by atomic mass is 16.6. The van der Waals surface area contributed by atoms with Gasteiger partial charge in [0.1, 0.15) is 11.6 Å². The fourth-order valence-corrected chi connectivity index (χ4v) is 7.85. The van der Waals surface area contributed by atoms with Crippen molar-refractivity contribution in [2.75, 3.05) is 6.61 Å². The van der Waals surface area contributed by atoms with E-state index in [4.69, 9.17) is 17.0 Å². The second kappa shape index (κ2) is 10.1. The zero-order valence-electron chi connectivity index (χ0n) is 21.8. The number of allylic oxidation sites excluding steroid dienone is 2. The Morgan fingerprint density at radius 1 is 1.22 bits per heavy atom. The fourth-order valence-electron chi connectivity index (χ4n) is 7.85. The molecule has 0 radical (unpaired) electrons. The summed E-state index contributed by atoms with van der Waals surface area (Å²) in [5, 5.41) is 26.9. The molecule has 0 aromatic heterocycles. The Morgan fingerprint density at radius 2 is 1.95 bits per heavy atom. The Bertz CT molecular complexity index is 1060. The van der Waals surface area contributed by atoms with E-state index < -0.39 is 36.0 Å². The lowest BCUT2D eigenvalue weighted by atomic mass is 9.46. The molecular formula is C28H39N3O6. The summed E-state index contributed by atoms with van der Waals surface area (Å²) < 4.78 is 0. The number of oxime groups is 1. The molecule has 0 unspecified atom stereocenters. The second-order valence-electron chi connectivity index (χ2n) is 11.8. The number of nitrogens with zero attached hydrogens (tertiary/aromatic N) is 1. The standard InChI is InChI=1S/C28H39N3O6/c1-4-28(36)14-11-21-19-6-5-17-15-18(9-12-26(17,2)20(19)10-13-27(21,28)3)31-37-16-24(33)30-22(25(34)35)7-8-23(29)32/h1,15,19-22,36H,5-14,16H2,2-3H3,(H2,29,32)(H,30,33)(H,34,35)/t19-,20-,21-,22-,26+,27+,28-/m1/s1. The lowest BCUT2D eigenvalue weighted by molar-refractivity contribution is -0.142. The first-order valence-electron chi connectivity index (χ1n) is 13.3. The molecule has 7 atom stereocenters. The van der Waals surface area contributed by atoms with E-state index in [2.05, 4.69) is 36.3 Å². The van der Waals surface area contributed by atoms with E-state index in [9.17, 15) is 24.6 Å². The molecule has 3 fully saturated rings. The van der Waals surface area contributed by atoms with Gasteiger partial charge in [-0.15, -0.1) is 6.42 Å². The molecule has 37 heavy (non-hydrogen) atoms. The van der Waals surface area contributed by atoms with Crippen LogP contribution in [0.3, 0.4) is 0 Å². The zero-order valence-corrected chi connectivity index (χ0v) is 21.8. The van der Waals surface area contributed by atoms with E-state index in [1.807, 2.05) is 0 Å². The third-order valence-electron chi connectivity index (χ3n) is 10.1. The topological polar surface area (TPSA) is 151 Å². The van der Waals surface area contributed by atoms with Gasteiger partial charge in [-0.1, -0.05) is 30.5 Å². The first-order valence-corrected chi connectivity index (χ1v) is 13.3. The zero-order chi connectivity index (χ0) is 27.0. The average molecular weight is 514 g/mol. The number of carboxylic acid groups (broad SMARTS) is 1. The maximum atomic E-state index is 12.1. The molecule has 0 heterocycles. The predicted molar refractivity (Wildman–Crippen MR) is 137 cm³/mol. The molecule has 0 bridgehead atoms. The molecule has 0 spiro atoms. The molecule has 4 aliphatic rings. The Balaban J connectivity index is 1.37. The van der Waals surface area contributed by atoms with Crippen molar-refractivity contribution in [2.24, 2.45) is 39.5 Å². The van der Waals surface area contributed by atoms with E-state index in [0.29, 0.717) is 24.2 Å². The molecule has 4 rings (SSSR count). The van der Waals surface area contributed by atoms with Gasteiger partial charge < -0.3 is 26.1 Å². The van der Waals surface area contributed by atoms with Crippen LogP contribution < -0.4 is 11.1 Å². The molecule has 0 aromatic rings. The summed E-state index contributed by atoms with van der Waals surface area (Å²) in [5.41, 5.74) is 6.08. The molecule has 9 nitrogen and oxygen atoms in total. The number of primary amides is 1. The Hall–Kier alpha value is -2.86. The molecule has 4 aliphatic carbocycles. The van der Waals surface area contributed by atoms with Crippen molar-refractivity contribution < 1.29 is 29.4 Å². The quantitative estimate of drug-likeness (QED) is 0.289. The summed E-state index contributed by atoms with van der Waals surface area (Å²) in [6, 6.07) is -1.21. The molecule has 202 valence electrons. The summed E-state index contributed by atoms with van der Waals surface area (Å²) in [5.74, 6) is 1.80. The van der Waals surface area contributed by atoms with Crippen LogP contribution in [0.25, 0.3) is 0 Å². The number of rotatable bonds is 8. The van der Waals surface area contributed by atoms with E-state index in [1.54, 1.807) is 0 Å². The number of carbonyl (C=O) groups excluding carboxylic acids is 2. The van der Waals surface area contributed by atoms with Gasteiger partial charge in [0, 0.05) is 11.8 Å². The summed E-state index contributed by atoms with van der Waals surface area (Å²) in [6.45, 7) is 4.15. The van der Waals surface area contributed by atoms with Crippen molar-refractivity contribution in [3.63, 3.8) is 0 Å². The van der Waals surface area contributed by atoms with E-state index in [1.165, 1.54) is 5.57 Å². The van der Waals surface area contributed by atoms with Crippen molar-refractivity contribution >= 4 is 23.5 Å². The molecular weight excluding hydrogens is 474 g/mol. The maximum Gasteiger partial charge on any atom is 0.326 e. The Kier molecular flexibility index (Phi) is 7.44. The number of aliphatic hydroxyl groups is 1. The van der Waals surface area contributed by atoms with Crippen LogP contribution >= 0.6 is 0 Å². The van der Waals surface area contributed by atoms with Crippen LogP contribution in [0, 0.1) is 40.9 Å². The van der Waals surface area contributed by atoms with Gasteiger partial charge in [0.2, 0.25) is 5.91 Å². The number of terminal acetylenes is 1. The summed E-state index contributed by atoms with van der Waals surface area (Å²) in [6.07, 6.45) is 15.1. The fraction of sp³-hybridized carbons (Fsp3) is 0.714. The van der Waals surface area contributed by atoms with Crippen LogP contribution in [0.4, 0.5) is 0 Å². The van der Waals surface area contributed by atoms with E-state index >= 15 is 0 Å². The van der Waals surface area contributed by atoms with Gasteiger partial charge in [-0.25, -0.2) is 4.79 Å². The van der Waals surface area contributed by atoms with Crippen LogP contribution in [-0.2, 0) is 19.2 Å². The highest BCUT2D eigenvalue weighted by molar-refractivity contribution is 5.96. The lowest BCUT2D eigenvalue weighted by Crippen LogP contribution is -2.54. The third-order valence-corrected chi connectivity index (χ3v) is 10.1. The summed E-state index contributed by atoms with van der Waals surface area (Å²) in [7, 11) is 0. The normalized spacial score (nSPS) is 38.3. The minimum atomic E-state index is -1.24. The van der Waals surface area contributed by atoms with Crippen LogP contribution in [0.2, 0.25) is 0 Å². The average Bonchev–Trinajstić information content (AvgIpc) is 3.12. The first-order chi connectivity index (χ1) is 17.4. The number of fused-ring (bicyclic) bond motifs is 5. The minimum Gasteiger partial charge on any atom is -0.480 e. The van der Waals surface area contributed by atoms with E-state index in [-0.39, 0.29) is 23.7 Å².